The number of aryl methyl sites for hydroxylation is 1. The lowest BCUT2D eigenvalue weighted by Crippen LogP contribution is -2.44. The summed E-state index contributed by atoms with van der Waals surface area (Å²) in [5.74, 6) is 0.607. The first-order valence-corrected chi connectivity index (χ1v) is 8.65. The van der Waals surface area contributed by atoms with E-state index in [1.54, 1.807) is 4.90 Å². The fourth-order valence-corrected chi connectivity index (χ4v) is 2.86. The van der Waals surface area contributed by atoms with E-state index < -0.39 is 0 Å². The van der Waals surface area contributed by atoms with Gasteiger partial charge in [-0.25, -0.2) is 9.89 Å². The second-order valence-corrected chi connectivity index (χ2v) is 6.00. The molecule has 0 aliphatic carbocycles. The average Bonchev–Trinajstić information content (AvgIpc) is 2.94. The molecule has 4 heteroatoms. The third kappa shape index (κ3) is 3.48. The van der Waals surface area contributed by atoms with Gasteiger partial charge in [0.1, 0.15) is 5.70 Å². The molecule has 2 aromatic rings. The van der Waals surface area contributed by atoms with Gasteiger partial charge in [0.15, 0.2) is 0 Å². The van der Waals surface area contributed by atoms with Crippen LogP contribution in [0.3, 0.4) is 0 Å². The maximum atomic E-state index is 13.1. The van der Waals surface area contributed by atoms with Gasteiger partial charge in [0.05, 0.1) is 5.69 Å². The second-order valence-electron chi connectivity index (χ2n) is 6.00. The number of aliphatic imine (C=N–C) groups is 1. The topological polar surface area (TPSA) is 35.9 Å². The Kier molecular flexibility index (Phi) is 4.98. The minimum absolute atomic E-state index is 0.0883. The van der Waals surface area contributed by atoms with Gasteiger partial charge in [-0.2, -0.15) is 0 Å². The van der Waals surface area contributed by atoms with Gasteiger partial charge in [-0.1, -0.05) is 48.0 Å². The second kappa shape index (κ2) is 7.34. The summed E-state index contributed by atoms with van der Waals surface area (Å²) in [6.07, 6.45) is 1.85. The molecule has 1 heterocycles. The number of amides is 1. The Morgan fingerprint density at radius 3 is 2.24 bits per heavy atom. The standard InChI is InChI=1S/C21H23N3O/c1-4-23(5-2)21-22-19(15-17-9-7-6-8-10-17)20(25)24(21)18-13-11-16(3)12-14-18/h6-15H,4-5H2,1-3H3/b19-15+. The van der Waals surface area contributed by atoms with E-state index in [9.17, 15) is 4.79 Å². The van der Waals surface area contributed by atoms with E-state index in [1.807, 2.05) is 67.6 Å². The van der Waals surface area contributed by atoms with Gasteiger partial charge >= 0.3 is 0 Å². The van der Waals surface area contributed by atoms with E-state index in [0.29, 0.717) is 11.7 Å². The zero-order chi connectivity index (χ0) is 17.8. The van der Waals surface area contributed by atoms with Crippen LogP contribution in [0.15, 0.2) is 65.3 Å². The summed E-state index contributed by atoms with van der Waals surface area (Å²) in [5, 5.41) is 0. The van der Waals surface area contributed by atoms with E-state index in [0.717, 1.165) is 29.9 Å². The molecule has 3 rings (SSSR count). The molecule has 1 amide bonds. The lowest BCUT2D eigenvalue weighted by Gasteiger charge is -2.27. The smallest absolute Gasteiger partial charge is 0.283 e. The molecule has 1 aliphatic rings. The number of hydrogen-bond donors (Lipinski definition) is 0. The largest absolute Gasteiger partial charge is 0.342 e. The number of nitrogens with zero attached hydrogens (tertiary/aromatic N) is 3. The van der Waals surface area contributed by atoms with Crippen LogP contribution in [0, 0.1) is 6.92 Å². The first kappa shape index (κ1) is 17.0. The van der Waals surface area contributed by atoms with Crippen molar-refractivity contribution in [2.45, 2.75) is 20.8 Å². The highest BCUT2D eigenvalue weighted by Gasteiger charge is 2.34. The van der Waals surface area contributed by atoms with Gasteiger partial charge in [0, 0.05) is 13.1 Å². The van der Waals surface area contributed by atoms with Crippen molar-refractivity contribution in [3.8, 4) is 0 Å². The molecule has 25 heavy (non-hydrogen) atoms. The number of rotatable bonds is 4. The fourth-order valence-electron chi connectivity index (χ4n) is 2.86. The van der Waals surface area contributed by atoms with E-state index in [2.05, 4.69) is 23.7 Å². The Morgan fingerprint density at radius 1 is 1.00 bits per heavy atom. The molecule has 128 valence electrons. The lowest BCUT2D eigenvalue weighted by molar-refractivity contribution is -0.113. The maximum absolute atomic E-state index is 13.1. The van der Waals surface area contributed by atoms with Gasteiger partial charge in [-0.05, 0) is 44.5 Å². The molecule has 0 fully saturated rings. The van der Waals surface area contributed by atoms with Gasteiger partial charge in [0.2, 0.25) is 5.96 Å². The number of hydrogen-bond acceptors (Lipinski definition) is 3. The highest BCUT2D eigenvalue weighted by molar-refractivity contribution is 6.28. The molecule has 0 N–H and O–H groups in total. The Bertz CT molecular complexity index is 803. The molecule has 0 atom stereocenters. The summed E-state index contributed by atoms with van der Waals surface area (Å²) in [4.78, 5) is 21.5. The summed E-state index contributed by atoms with van der Waals surface area (Å²) < 4.78 is 0. The van der Waals surface area contributed by atoms with E-state index in [1.165, 1.54) is 0 Å². The van der Waals surface area contributed by atoms with Crippen LogP contribution >= 0.6 is 0 Å². The first-order chi connectivity index (χ1) is 12.1. The Balaban J connectivity index is 2.04. The van der Waals surface area contributed by atoms with Gasteiger partial charge < -0.3 is 4.90 Å². The van der Waals surface area contributed by atoms with Crippen LogP contribution in [0.1, 0.15) is 25.0 Å². The Morgan fingerprint density at radius 2 is 1.64 bits per heavy atom. The van der Waals surface area contributed by atoms with Crippen LogP contribution in [0.4, 0.5) is 5.69 Å². The zero-order valence-electron chi connectivity index (χ0n) is 14.9. The predicted octanol–water partition coefficient (Wildman–Crippen LogP) is 4.08. The molecule has 0 saturated heterocycles. The normalized spacial score (nSPS) is 15.6. The molecule has 0 aromatic heterocycles. The van der Waals surface area contributed by atoms with Crippen LogP contribution in [0.5, 0.6) is 0 Å². The van der Waals surface area contributed by atoms with Crippen molar-refractivity contribution in [2.75, 3.05) is 18.0 Å². The van der Waals surface area contributed by atoms with Crippen LogP contribution in [-0.2, 0) is 4.79 Å². The first-order valence-electron chi connectivity index (χ1n) is 8.65. The number of anilines is 1. The van der Waals surface area contributed by atoms with E-state index >= 15 is 0 Å². The third-order valence-corrected chi connectivity index (χ3v) is 4.28. The van der Waals surface area contributed by atoms with Gasteiger partial charge in [0.25, 0.3) is 5.91 Å². The number of carbonyl (C=O) groups excluding carboxylic acids is 1. The van der Waals surface area contributed by atoms with Crippen LogP contribution in [0.25, 0.3) is 6.08 Å². The summed E-state index contributed by atoms with van der Waals surface area (Å²) in [6.45, 7) is 7.77. The fraction of sp³-hybridized carbons (Fsp3) is 0.238. The molecule has 0 radical (unpaired) electrons. The number of guanidine groups is 1. The quantitative estimate of drug-likeness (QED) is 0.790. The average molecular weight is 333 g/mol. The molecule has 1 aliphatic heterocycles. The number of benzene rings is 2. The van der Waals surface area contributed by atoms with Crippen LogP contribution in [-0.4, -0.2) is 29.9 Å². The lowest BCUT2D eigenvalue weighted by atomic mass is 10.2. The molecule has 4 nitrogen and oxygen atoms in total. The van der Waals surface area contributed by atoms with Crippen LogP contribution < -0.4 is 4.90 Å². The van der Waals surface area contributed by atoms with Crippen molar-refractivity contribution in [1.82, 2.24) is 4.90 Å². The maximum Gasteiger partial charge on any atom is 0.283 e. The summed E-state index contributed by atoms with van der Waals surface area (Å²) in [7, 11) is 0. The van der Waals surface area contributed by atoms with Crippen molar-refractivity contribution in [2.24, 2.45) is 4.99 Å². The molecule has 0 saturated carbocycles. The molecule has 2 aromatic carbocycles. The van der Waals surface area contributed by atoms with Gasteiger partial charge in [-0.15, -0.1) is 0 Å². The monoisotopic (exact) mass is 333 g/mol. The minimum atomic E-state index is -0.0883. The predicted molar refractivity (Wildman–Crippen MR) is 103 cm³/mol. The van der Waals surface area contributed by atoms with E-state index in [4.69, 9.17) is 0 Å². The molecular formula is C21H23N3O. The molecule has 0 bridgehead atoms. The molecule has 0 unspecified atom stereocenters. The Hall–Kier alpha value is -2.88. The minimum Gasteiger partial charge on any atom is -0.342 e. The van der Waals surface area contributed by atoms with Crippen molar-refractivity contribution in [3.63, 3.8) is 0 Å². The summed E-state index contributed by atoms with van der Waals surface area (Å²) in [6, 6.07) is 17.8. The SMILES string of the molecule is CCN(CC)C1=N/C(=C/c2ccccc2)C(=O)N1c1ccc(C)cc1. The highest BCUT2D eigenvalue weighted by atomic mass is 16.2. The molecular weight excluding hydrogens is 310 g/mol. The van der Waals surface area contributed by atoms with Gasteiger partial charge in [-0.3, -0.25) is 4.79 Å². The molecule has 0 spiro atoms. The number of carbonyl (C=O) groups is 1. The summed E-state index contributed by atoms with van der Waals surface area (Å²) in [5.41, 5.74) is 3.45. The highest BCUT2D eigenvalue weighted by Crippen LogP contribution is 2.26. The van der Waals surface area contributed by atoms with Crippen molar-refractivity contribution < 1.29 is 4.79 Å². The van der Waals surface area contributed by atoms with Crippen molar-refractivity contribution in [3.05, 3.63) is 71.4 Å². The third-order valence-electron chi connectivity index (χ3n) is 4.28. The Labute approximate surface area is 149 Å². The summed E-state index contributed by atoms with van der Waals surface area (Å²) >= 11 is 0. The zero-order valence-corrected chi connectivity index (χ0v) is 14.9. The van der Waals surface area contributed by atoms with Crippen molar-refractivity contribution >= 4 is 23.6 Å². The van der Waals surface area contributed by atoms with Crippen LogP contribution in [0.2, 0.25) is 0 Å². The van der Waals surface area contributed by atoms with E-state index in [-0.39, 0.29) is 5.91 Å². The van der Waals surface area contributed by atoms with Crippen molar-refractivity contribution in [1.29, 1.82) is 0 Å².